The quantitative estimate of drug-likeness (QED) is 0.153. The van der Waals surface area contributed by atoms with E-state index in [0.29, 0.717) is 72.7 Å². The molecule has 0 saturated heterocycles. The highest BCUT2D eigenvalue weighted by molar-refractivity contribution is 6.30. The number of ether oxygens (including phenoxy) is 1. The third-order valence-electron chi connectivity index (χ3n) is 9.21. The smallest absolute Gasteiger partial charge is 0.324 e. The molecular formula is C37H41ClN8O4. The summed E-state index contributed by atoms with van der Waals surface area (Å²) in [6.45, 7) is 11.4. The summed E-state index contributed by atoms with van der Waals surface area (Å²) in [4.78, 5) is 15.6. The first-order valence-corrected chi connectivity index (χ1v) is 17.2. The average molecular weight is 697 g/mol. The van der Waals surface area contributed by atoms with E-state index in [-0.39, 0.29) is 11.2 Å². The van der Waals surface area contributed by atoms with Crippen LogP contribution in [0.3, 0.4) is 0 Å². The van der Waals surface area contributed by atoms with Crippen molar-refractivity contribution >= 4 is 29.1 Å². The summed E-state index contributed by atoms with van der Waals surface area (Å²) in [7, 11) is 0. The molecule has 0 radical (unpaired) electrons. The van der Waals surface area contributed by atoms with E-state index >= 15 is 0 Å². The number of carbonyl (C=O) groups excluding carboxylic acids is 1. The number of rotatable bonds is 8. The van der Waals surface area contributed by atoms with Gasteiger partial charge in [-0.25, -0.2) is 9.48 Å². The molecule has 0 spiro atoms. The van der Waals surface area contributed by atoms with Gasteiger partial charge < -0.3 is 24.8 Å². The summed E-state index contributed by atoms with van der Waals surface area (Å²) in [5, 5.41) is 41.0. The number of halogens is 1. The van der Waals surface area contributed by atoms with Gasteiger partial charge >= 0.3 is 6.03 Å². The highest BCUT2D eigenvalue weighted by Gasteiger charge is 2.28. The van der Waals surface area contributed by atoms with E-state index in [9.17, 15) is 15.0 Å². The van der Waals surface area contributed by atoms with Crippen LogP contribution in [0.1, 0.15) is 49.0 Å². The van der Waals surface area contributed by atoms with Crippen LogP contribution in [0.25, 0.3) is 17.1 Å². The largest absolute Gasteiger partial charge is 0.507 e. The first kappa shape index (κ1) is 33.6. The number of aliphatic hydroxyl groups excluding tert-OH is 1. The number of phenolic OH excluding ortho intramolecular Hbond substituents is 1. The second kappa shape index (κ2) is 13.4. The Hall–Kier alpha value is -4.91. The summed E-state index contributed by atoms with van der Waals surface area (Å²) >= 11 is 6.16. The molecule has 0 fully saturated rings. The monoisotopic (exact) mass is 696 g/mol. The van der Waals surface area contributed by atoms with Crippen LogP contribution in [-0.2, 0) is 31.3 Å². The average Bonchev–Trinajstić information content (AvgIpc) is 3.80. The van der Waals surface area contributed by atoms with Gasteiger partial charge in [-0.1, -0.05) is 50.1 Å². The molecule has 12 nitrogen and oxygen atoms in total. The fraction of sp³-hybridized carbons (Fsp3) is 0.351. The molecule has 4 N–H and O–H groups in total. The van der Waals surface area contributed by atoms with Gasteiger partial charge in [-0.05, 0) is 55.0 Å². The molecular weight excluding hydrogens is 656 g/mol. The molecule has 260 valence electrons. The number of urea groups is 1. The topological polar surface area (TPSA) is 143 Å². The minimum absolute atomic E-state index is 0.111. The van der Waals surface area contributed by atoms with Crippen molar-refractivity contribution in [1.82, 2.24) is 29.4 Å². The number of amides is 2. The van der Waals surface area contributed by atoms with Crippen molar-refractivity contribution < 1.29 is 19.7 Å². The second-order valence-corrected chi connectivity index (χ2v) is 14.4. The number of hydrogen-bond donors (Lipinski definition) is 4. The number of phenols is 1. The predicted molar refractivity (Wildman–Crippen MR) is 192 cm³/mol. The number of nitrogens with one attached hydrogen (secondary N) is 2. The second-order valence-electron chi connectivity index (χ2n) is 14.0. The molecule has 2 amide bonds. The van der Waals surface area contributed by atoms with E-state index < -0.39 is 12.1 Å². The Labute approximate surface area is 295 Å². The zero-order valence-electron chi connectivity index (χ0n) is 28.6. The number of aromatic nitrogens is 5. The Balaban J connectivity index is 1.01. The molecule has 13 heteroatoms. The van der Waals surface area contributed by atoms with E-state index in [1.807, 2.05) is 54.0 Å². The molecule has 2 aliphatic rings. The molecule has 50 heavy (non-hydrogen) atoms. The fourth-order valence-electron chi connectivity index (χ4n) is 6.48. The zero-order chi connectivity index (χ0) is 35.2. The number of anilines is 2. The standard InChI is InChI=1S/C37H41ClN8O4/c1-22-5-8-24(9-6-22)46-33(20-32(43-46)37(2,3)4)40-36(49)39-29-10-12-31(27-19-25(47)18-26(27)29)50-16-15-44-13-14-45-34(21-44)41-42-35(45)28-17-23(38)7-11-30(28)48/h5-12,17,20,25,47-48H,13-16,18-19,21H2,1-4H3,(H2,39,40,49). The zero-order valence-corrected chi connectivity index (χ0v) is 29.3. The maximum absolute atomic E-state index is 13.4. The van der Waals surface area contributed by atoms with Gasteiger partial charge in [0.1, 0.15) is 29.7 Å². The van der Waals surface area contributed by atoms with Gasteiger partial charge in [0.2, 0.25) is 0 Å². The van der Waals surface area contributed by atoms with Crippen molar-refractivity contribution in [2.24, 2.45) is 0 Å². The van der Waals surface area contributed by atoms with Crippen LogP contribution in [0, 0.1) is 6.92 Å². The lowest BCUT2D eigenvalue weighted by Gasteiger charge is -2.27. The van der Waals surface area contributed by atoms with Gasteiger partial charge in [-0.3, -0.25) is 10.2 Å². The molecule has 3 heterocycles. The van der Waals surface area contributed by atoms with E-state index in [4.69, 9.17) is 21.4 Å². The van der Waals surface area contributed by atoms with E-state index in [1.165, 1.54) is 0 Å². The van der Waals surface area contributed by atoms with Crippen LogP contribution in [0.2, 0.25) is 5.02 Å². The Morgan fingerprint density at radius 1 is 1.00 bits per heavy atom. The first-order chi connectivity index (χ1) is 23.9. The lowest BCUT2D eigenvalue weighted by Crippen LogP contribution is -2.36. The summed E-state index contributed by atoms with van der Waals surface area (Å²) in [6, 6.07) is 18.1. The van der Waals surface area contributed by atoms with Crippen molar-refractivity contribution in [2.45, 2.75) is 65.1 Å². The molecule has 0 saturated carbocycles. The molecule has 1 atom stereocenters. The minimum atomic E-state index is -0.558. The lowest BCUT2D eigenvalue weighted by atomic mass is 9.92. The van der Waals surface area contributed by atoms with Crippen LogP contribution in [0.5, 0.6) is 11.5 Å². The van der Waals surface area contributed by atoms with Crippen LogP contribution >= 0.6 is 11.6 Å². The fourth-order valence-corrected chi connectivity index (χ4v) is 6.66. The molecule has 3 aromatic carbocycles. The van der Waals surface area contributed by atoms with Gasteiger partial charge in [-0.2, -0.15) is 5.10 Å². The summed E-state index contributed by atoms with van der Waals surface area (Å²) in [6.07, 6.45) is 0.310. The van der Waals surface area contributed by atoms with Crippen molar-refractivity contribution in [3.8, 4) is 28.6 Å². The maximum atomic E-state index is 13.4. The molecule has 1 aliphatic carbocycles. The van der Waals surface area contributed by atoms with Crippen molar-refractivity contribution in [3.05, 3.63) is 93.9 Å². The predicted octanol–water partition coefficient (Wildman–Crippen LogP) is 6.09. The van der Waals surface area contributed by atoms with Gasteiger partial charge in [0.15, 0.2) is 5.82 Å². The van der Waals surface area contributed by atoms with Gasteiger partial charge in [0.25, 0.3) is 0 Å². The maximum Gasteiger partial charge on any atom is 0.324 e. The SMILES string of the molecule is Cc1ccc(-n2nc(C(C)(C)C)cc2NC(=O)Nc2ccc(OCCN3CCn4c(nnc4-c4cc(Cl)ccc4O)C3)c3c2CC(O)C3)cc1. The van der Waals surface area contributed by atoms with Crippen LogP contribution in [-0.4, -0.2) is 71.5 Å². The minimum Gasteiger partial charge on any atom is -0.507 e. The number of hydrogen-bond acceptors (Lipinski definition) is 8. The Kier molecular flexibility index (Phi) is 9.02. The third kappa shape index (κ3) is 6.91. The van der Waals surface area contributed by atoms with Crippen molar-refractivity contribution in [1.29, 1.82) is 0 Å². The summed E-state index contributed by atoms with van der Waals surface area (Å²) in [5.41, 5.74) is 5.59. The molecule has 1 unspecified atom stereocenters. The lowest BCUT2D eigenvalue weighted by molar-refractivity contribution is 0.172. The summed E-state index contributed by atoms with van der Waals surface area (Å²) < 4.78 is 10.0. The molecule has 1 aliphatic heterocycles. The number of benzene rings is 3. The van der Waals surface area contributed by atoms with Crippen LogP contribution < -0.4 is 15.4 Å². The molecule has 7 rings (SSSR count). The van der Waals surface area contributed by atoms with Gasteiger partial charge in [0, 0.05) is 60.2 Å². The molecule has 0 bridgehead atoms. The number of aryl methyl sites for hydroxylation is 1. The number of nitrogens with zero attached hydrogens (tertiary/aromatic N) is 6. The highest BCUT2D eigenvalue weighted by Crippen LogP contribution is 2.37. The van der Waals surface area contributed by atoms with Crippen molar-refractivity contribution in [3.63, 3.8) is 0 Å². The van der Waals surface area contributed by atoms with E-state index in [2.05, 4.69) is 46.5 Å². The van der Waals surface area contributed by atoms with Crippen LogP contribution in [0.15, 0.2) is 60.7 Å². The first-order valence-electron chi connectivity index (χ1n) is 16.8. The third-order valence-corrected chi connectivity index (χ3v) is 9.45. The summed E-state index contributed by atoms with van der Waals surface area (Å²) in [5.74, 6) is 2.77. The number of fused-ring (bicyclic) bond motifs is 2. The number of carbonyl (C=O) groups is 1. The van der Waals surface area contributed by atoms with Crippen LogP contribution in [0.4, 0.5) is 16.3 Å². The van der Waals surface area contributed by atoms with Crippen molar-refractivity contribution in [2.75, 3.05) is 30.3 Å². The molecule has 2 aromatic heterocycles. The highest BCUT2D eigenvalue weighted by atomic mass is 35.5. The molecule has 5 aromatic rings. The number of aliphatic hydroxyl groups is 1. The Morgan fingerprint density at radius 3 is 2.56 bits per heavy atom. The Morgan fingerprint density at radius 2 is 1.78 bits per heavy atom. The van der Waals surface area contributed by atoms with Gasteiger partial charge in [0.05, 0.1) is 29.6 Å². The normalized spacial score (nSPS) is 15.8. The van der Waals surface area contributed by atoms with E-state index in [1.54, 1.807) is 22.9 Å². The van der Waals surface area contributed by atoms with Gasteiger partial charge in [-0.15, -0.1) is 10.2 Å². The number of aromatic hydroxyl groups is 1. The Bertz CT molecular complexity index is 2050. The van der Waals surface area contributed by atoms with E-state index in [0.717, 1.165) is 40.4 Å².